The summed E-state index contributed by atoms with van der Waals surface area (Å²) in [4.78, 5) is 30.6. The molecule has 1 aromatic rings. The third-order valence-electron chi connectivity index (χ3n) is 4.53. The summed E-state index contributed by atoms with van der Waals surface area (Å²) in [5, 5.41) is 4.14. The number of carbonyl (C=O) groups is 1. The molecule has 0 spiro atoms. The summed E-state index contributed by atoms with van der Waals surface area (Å²) in [7, 11) is -9.08. The predicted molar refractivity (Wildman–Crippen MR) is 99.9 cm³/mol. The highest BCUT2D eigenvalue weighted by Crippen LogP contribution is 2.47. The molecule has 0 unspecified atom stereocenters. The van der Waals surface area contributed by atoms with Crippen LogP contribution in [0, 0.1) is 0 Å². The average Bonchev–Trinajstić information content (AvgIpc) is 2.49. The minimum atomic E-state index is -4.74. The second kappa shape index (κ2) is 7.49. The van der Waals surface area contributed by atoms with Crippen LogP contribution in [0.5, 0.6) is 0 Å². The third kappa shape index (κ3) is 5.60. The van der Waals surface area contributed by atoms with Gasteiger partial charge in [0.25, 0.3) is 16.0 Å². The molecule has 1 heterocycles. The molecule has 1 aliphatic heterocycles. The number of rotatable bonds is 5. The van der Waals surface area contributed by atoms with Gasteiger partial charge in [-0.2, -0.15) is 18.1 Å². The minimum absolute atomic E-state index is 0.219. The molecule has 0 saturated carbocycles. The van der Waals surface area contributed by atoms with Crippen LogP contribution < -0.4 is 5.32 Å². The van der Waals surface area contributed by atoms with Gasteiger partial charge in [0.05, 0.1) is 4.90 Å². The molecule has 1 fully saturated rings. The Morgan fingerprint density at radius 3 is 2.00 bits per heavy atom. The van der Waals surface area contributed by atoms with E-state index < -0.39 is 34.9 Å². The van der Waals surface area contributed by atoms with E-state index >= 15 is 0 Å². The molecule has 0 aliphatic carbocycles. The molecule has 1 aromatic carbocycles. The number of hydroxylamine groups is 2. The molecule has 10 nitrogen and oxygen atoms in total. The Morgan fingerprint density at radius 1 is 1.14 bits per heavy atom. The van der Waals surface area contributed by atoms with E-state index in [2.05, 4.69) is 5.32 Å². The van der Waals surface area contributed by atoms with Crippen LogP contribution in [0.15, 0.2) is 29.2 Å². The molecule has 4 N–H and O–H groups in total. The third-order valence-corrected chi connectivity index (χ3v) is 5.77. The molecule has 0 bridgehead atoms. The van der Waals surface area contributed by atoms with Crippen molar-refractivity contribution in [3.05, 3.63) is 29.8 Å². The van der Waals surface area contributed by atoms with Gasteiger partial charge >= 0.3 is 7.82 Å². The number of nitrogens with one attached hydrogen (secondary N) is 1. The summed E-state index contributed by atoms with van der Waals surface area (Å²) >= 11 is 0. The van der Waals surface area contributed by atoms with Gasteiger partial charge in [-0.15, -0.1) is 0 Å². The summed E-state index contributed by atoms with van der Waals surface area (Å²) in [6.45, 7) is 7.01. The van der Waals surface area contributed by atoms with Crippen LogP contribution in [0.3, 0.4) is 0 Å². The number of piperidine rings is 1. The summed E-state index contributed by atoms with van der Waals surface area (Å²) < 4.78 is 47.4. The molecule has 0 aromatic heterocycles. The highest BCUT2D eigenvalue weighted by Gasteiger charge is 2.49. The lowest BCUT2D eigenvalue weighted by atomic mass is 9.79. The second-order valence-corrected chi connectivity index (χ2v) is 10.6. The largest absolute Gasteiger partial charge is 0.486 e. The van der Waals surface area contributed by atoms with Crippen LogP contribution in [0.1, 0.15) is 50.9 Å². The summed E-state index contributed by atoms with van der Waals surface area (Å²) in [5.74, 6) is -0.428. The fourth-order valence-corrected chi connectivity index (χ4v) is 4.87. The van der Waals surface area contributed by atoms with Gasteiger partial charge in [0.15, 0.2) is 0 Å². The number of amides is 1. The normalized spacial score (nSPS) is 20.7. The number of hydrogen-bond acceptors (Lipinski definition) is 6. The van der Waals surface area contributed by atoms with Crippen molar-refractivity contribution < 1.29 is 36.7 Å². The average molecular weight is 436 g/mol. The number of benzene rings is 1. The van der Waals surface area contributed by atoms with Crippen molar-refractivity contribution in [2.75, 3.05) is 0 Å². The maximum atomic E-state index is 12.5. The molecule has 0 radical (unpaired) electrons. The molecule has 1 saturated heterocycles. The lowest BCUT2D eigenvalue weighted by Gasteiger charge is -2.53. The minimum Gasteiger partial charge on any atom is -0.349 e. The summed E-state index contributed by atoms with van der Waals surface area (Å²) in [6.07, 6.45) is 0.733. The van der Waals surface area contributed by atoms with Crippen LogP contribution in [0.4, 0.5) is 0 Å². The Balaban J connectivity index is 2.15. The Hall–Kier alpha value is -1.33. The van der Waals surface area contributed by atoms with E-state index in [0.717, 1.165) is 12.1 Å². The predicted octanol–water partition coefficient (Wildman–Crippen LogP) is 1.71. The van der Waals surface area contributed by atoms with E-state index in [-0.39, 0.29) is 16.5 Å². The zero-order valence-electron chi connectivity index (χ0n) is 16.0. The maximum absolute atomic E-state index is 12.5. The van der Waals surface area contributed by atoms with Crippen molar-refractivity contribution in [3.8, 4) is 0 Å². The zero-order chi connectivity index (χ0) is 21.5. The van der Waals surface area contributed by atoms with Gasteiger partial charge in [-0.05, 0) is 64.8 Å². The van der Waals surface area contributed by atoms with Gasteiger partial charge < -0.3 is 15.1 Å². The van der Waals surface area contributed by atoms with E-state index in [1.165, 1.54) is 17.2 Å². The zero-order valence-corrected chi connectivity index (χ0v) is 17.7. The molecular weight excluding hydrogens is 411 g/mol. The van der Waals surface area contributed by atoms with Crippen molar-refractivity contribution in [1.82, 2.24) is 10.4 Å². The maximum Gasteiger partial charge on any atom is 0.486 e. The van der Waals surface area contributed by atoms with E-state index in [1.807, 2.05) is 0 Å². The van der Waals surface area contributed by atoms with Gasteiger partial charge in [0, 0.05) is 22.7 Å². The standard InChI is InChI=1S/C16H25N2O8PS/c1-15(2)9-12(10-16(3,4)18(15)26-27(20,21)22)17-14(19)11-5-7-13(8-6-11)28(23,24)25/h5-8,12H,9-10H2,1-4H3,(H,17,19)(H2,20,21,22)(H,23,24,25). The van der Waals surface area contributed by atoms with E-state index in [9.17, 15) is 27.6 Å². The molecule has 12 heteroatoms. The lowest BCUT2D eigenvalue weighted by molar-refractivity contribution is -0.231. The molecule has 1 aliphatic rings. The molecule has 28 heavy (non-hydrogen) atoms. The fraction of sp³-hybridized carbons (Fsp3) is 0.562. The van der Waals surface area contributed by atoms with Gasteiger partial charge in [-0.25, -0.2) is 4.57 Å². The lowest BCUT2D eigenvalue weighted by Crippen LogP contribution is -2.63. The highest BCUT2D eigenvalue weighted by atomic mass is 32.2. The van der Waals surface area contributed by atoms with E-state index in [0.29, 0.717) is 12.8 Å². The Labute approximate surface area is 163 Å². The van der Waals surface area contributed by atoms with E-state index in [1.54, 1.807) is 27.7 Å². The van der Waals surface area contributed by atoms with Crippen LogP contribution >= 0.6 is 7.82 Å². The van der Waals surface area contributed by atoms with Crippen LogP contribution in [-0.4, -0.2) is 50.8 Å². The Kier molecular flexibility index (Phi) is 6.14. The Bertz CT molecular complexity index is 874. The van der Waals surface area contributed by atoms with Gasteiger partial charge in [0.1, 0.15) is 0 Å². The number of carbonyl (C=O) groups excluding carboxylic acids is 1. The highest BCUT2D eigenvalue weighted by molar-refractivity contribution is 7.85. The molecular formula is C16H25N2O8PS. The summed E-state index contributed by atoms with van der Waals surface area (Å²) in [5.41, 5.74) is -1.34. The number of nitrogens with zero attached hydrogens (tertiary/aromatic N) is 1. The topological polar surface area (TPSA) is 153 Å². The van der Waals surface area contributed by atoms with Crippen molar-refractivity contribution in [2.24, 2.45) is 0 Å². The summed E-state index contributed by atoms with van der Waals surface area (Å²) in [6, 6.07) is 4.54. The van der Waals surface area contributed by atoms with Crippen LogP contribution in [0.2, 0.25) is 0 Å². The first kappa shape index (κ1) is 23.0. The van der Waals surface area contributed by atoms with Gasteiger partial charge in [0.2, 0.25) is 0 Å². The smallest absolute Gasteiger partial charge is 0.349 e. The quantitative estimate of drug-likeness (QED) is 0.399. The van der Waals surface area contributed by atoms with Crippen molar-refractivity contribution in [1.29, 1.82) is 0 Å². The van der Waals surface area contributed by atoms with Crippen LogP contribution in [0.25, 0.3) is 0 Å². The molecule has 2 rings (SSSR count). The van der Waals surface area contributed by atoms with Gasteiger partial charge in [-0.1, -0.05) is 0 Å². The molecule has 158 valence electrons. The van der Waals surface area contributed by atoms with Gasteiger partial charge in [-0.3, -0.25) is 9.35 Å². The number of hydrogen-bond donors (Lipinski definition) is 4. The van der Waals surface area contributed by atoms with Crippen molar-refractivity contribution in [3.63, 3.8) is 0 Å². The first-order chi connectivity index (χ1) is 12.5. The van der Waals surface area contributed by atoms with Crippen molar-refractivity contribution >= 4 is 23.8 Å². The first-order valence-electron chi connectivity index (χ1n) is 8.45. The monoisotopic (exact) mass is 436 g/mol. The molecule has 1 amide bonds. The van der Waals surface area contributed by atoms with E-state index in [4.69, 9.17) is 9.18 Å². The molecule has 0 atom stereocenters. The number of phosphoric acid groups is 1. The van der Waals surface area contributed by atoms with Crippen molar-refractivity contribution in [2.45, 2.75) is 62.6 Å². The first-order valence-corrected chi connectivity index (χ1v) is 11.4. The Morgan fingerprint density at radius 2 is 1.61 bits per heavy atom. The second-order valence-electron chi connectivity index (χ2n) is 8.07. The fourth-order valence-electron chi connectivity index (χ4n) is 3.74. The van der Waals surface area contributed by atoms with Crippen LogP contribution in [-0.2, 0) is 19.3 Å². The SMILES string of the molecule is CC1(C)CC(NC(=O)c2ccc(S(=O)(=O)O)cc2)CC(C)(C)N1OP(=O)(O)O.